The van der Waals surface area contributed by atoms with E-state index in [-0.39, 0.29) is 18.2 Å². The quantitative estimate of drug-likeness (QED) is 0.560. The van der Waals surface area contributed by atoms with Gasteiger partial charge < -0.3 is 15.2 Å². The summed E-state index contributed by atoms with van der Waals surface area (Å²) >= 11 is 5.86. The zero-order chi connectivity index (χ0) is 16.7. The summed E-state index contributed by atoms with van der Waals surface area (Å²) in [4.78, 5) is 11.7. The molecule has 0 bridgehead atoms. The van der Waals surface area contributed by atoms with Gasteiger partial charge in [0, 0.05) is 10.7 Å². The van der Waals surface area contributed by atoms with Gasteiger partial charge in [0.2, 0.25) is 0 Å². The lowest BCUT2D eigenvalue weighted by atomic mass is 10.2. The number of halogens is 1. The molecule has 0 saturated carbocycles. The van der Waals surface area contributed by atoms with Crippen LogP contribution in [0.15, 0.2) is 47.6 Å². The van der Waals surface area contributed by atoms with E-state index in [1.54, 1.807) is 30.3 Å². The van der Waals surface area contributed by atoms with Crippen molar-refractivity contribution < 1.29 is 14.6 Å². The van der Waals surface area contributed by atoms with E-state index in [4.69, 9.17) is 16.3 Å². The molecule has 0 spiro atoms. The van der Waals surface area contributed by atoms with Crippen molar-refractivity contribution in [1.29, 1.82) is 0 Å². The Balaban J connectivity index is 1.84. The van der Waals surface area contributed by atoms with Crippen LogP contribution in [0.1, 0.15) is 5.56 Å². The summed E-state index contributed by atoms with van der Waals surface area (Å²) in [6.45, 7) is 0.0661. The predicted octanol–water partition coefficient (Wildman–Crippen LogP) is 2.62. The first-order valence-corrected chi connectivity index (χ1v) is 7.14. The van der Waals surface area contributed by atoms with E-state index in [9.17, 15) is 9.90 Å². The second-order valence-electron chi connectivity index (χ2n) is 4.59. The Morgan fingerprint density at radius 1 is 1.35 bits per heavy atom. The van der Waals surface area contributed by atoms with Gasteiger partial charge in [-0.3, -0.25) is 4.79 Å². The highest BCUT2D eigenvalue weighted by Gasteiger charge is 2.02. The number of rotatable bonds is 6. The number of nitrogens with zero attached hydrogens (tertiary/aromatic N) is 1. The van der Waals surface area contributed by atoms with E-state index in [1.807, 2.05) is 6.07 Å². The minimum absolute atomic E-state index is 0.0411. The van der Waals surface area contributed by atoms with Gasteiger partial charge in [-0.15, -0.1) is 0 Å². The zero-order valence-electron chi connectivity index (χ0n) is 12.4. The largest absolute Gasteiger partial charge is 0.504 e. The van der Waals surface area contributed by atoms with Crippen LogP contribution >= 0.6 is 11.6 Å². The number of carbonyl (C=O) groups excluding carboxylic acids is 1. The Hall–Kier alpha value is -2.73. The molecule has 2 aromatic carbocycles. The molecule has 23 heavy (non-hydrogen) atoms. The van der Waals surface area contributed by atoms with Gasteiger partial charge in [0.15, 0.2) is 11.5 Å². The maximum atomic E-state index is 11.7. The fraction of sp³-hybridized carbons (Fsp3) is 0.125. The van der Waals surface area contributed by atoms with Gasteiger partial charge in [0.05, 0.1) is 19.9 Å². The third-order valence-electron chi connectivity index (χ3n) is 2.88. The summed E-state index contributed by atoms with van der Waals surface area (Å²) in [6.07, 6.45) is 1.46. The molecule has 0 heterocycles. The molecule has 3 N–H and O–H groups in total. The van der Waals surface area contributed by atoms with Crippen LogP contribution in [-0.4, -0.2) is 30.9 Å². The van der Waals surface area contributed by atoms with Gasteiger partial charge in [0.1, 0.15) is 0 Å². The number of phenols is 1. The fourth-order valence-corrected chi connectivity index (χ4v) is 1.96. The Bertz CT molecular complexity index is 719. The van der Waals surface area contributed by atoms with Crippen LogP contribution < -0.4 is 15.5 Å². The van der Waals surface area contributed by atoms with E-state index in [1.165, 1.54) is 19.4 Å². The van der Waals surface area contributed by atoms with Crippen LogP contribution in [0.4, 0.5) is 5.69 Å². The number of aromatic hydroxyl groups is 1. The molecular weight excluding hydrogens is 318 g/mol. The highest BCUT2D eigenvalue weighted by Crippen LogP contribution is 2.25. The summed E-state index contributed by atoms with van der Waals surface area (Å²) in [5.41, 5.74) is 3.83. The van der Waals surface area contributed by atoms with Crippen molar-refractivity contribution in [1.82, 2.24) is 5.43 Å². The Morgan fingerprint density at radius 2 is 2.17 bits per heavy atom. The third kappa shape index (κ3) is 5.19. The number of anilines is 1. The van der Waals surface area contributed by atoms with Crippen molar-refractivity contribution in [3.05, 3.63) is 53.1 Å². The molecule has 0 aliphatic heterocycles. The van der Waals surface area contributed by atoms with Crippen molar-refractivity contribution in [3.8, 4) is 11.5 Å². The lowest BCUT2D eigenvalue weighted by molar-refractivity contribution is -0.119. The summed E-state index contributed by atoms with van der Waals surface area (Å²) in [7, 11) is 1.46. The minimum Gasteiger partial charge on any atom is -0.504 e. The zero-order valence-corrected chi connectivity index (χ0v) is 13.2. The molecular formula is C16H16ClN3O3. The third-order valence-corrected chi connectivity index (χ3v) is 3.12. The Labute approximate surface area is 138 Å². The fourth-order valence-electron chi connectivity index (χ4n) is 1.77. The molecule has 6 nitrogen and oxygen atoms in total. The maximum Gasteiger partial charge on any atom is 0.259 e. The predicted molar refractivity (Wildman–Crippen MR) is 90.3 cm³/mol. The molecule has 2 rings (SSSR count). The number of methoxy groups -OCH3 is 1. The molecule has 0 aromatic heterocycles. The molecule has 2 aromatic rings. The van der Waals surface area contributed by atoms with Crippen LogP contribution in [0.25, 0.3) is 0 Å². The van der Waals surface area contributed by atoms with Crippen LogP contribution in [-0.2, 0) is 4.79 Å². The average molecular weight is 334 g/mol. The minimum atomic E-state index is -0.299. The molecule has 0 fully saturated rings. The van der Waals surface area contributed by atoms with Gasteiger partial charge in [-0.1, -0.05) is 17.7 Å². The lowest BCUT2D eigenvalue weighted by Gasteiger charge is -2.05. The Morgan fingerprint density at radius 3 is 2.91 bits per heavy atom. The number of nitrogens with one attached hydrogen (secondary N) is 2. The maximum absolute atomic E-state index is 11.7. The molecule has 0 aliphatic carbocycles. The van der Waals surface area contributed by atoms with Crippen LogP contribution in [0.2, 0.25) is 5.02 Å². The normalized spacial score (nSPS) is 10.5. The van der Waals surface area contributed by atoms with E-state index in [0.29, 0.717) is 16.3 Å². The lowest BCUT2D eigenvalue weighted by Crippen LogP contribution is -2.25. The van der Waals surface area contributed by atoms with Crippen LogP contribution in [0.5, 0.6) is 11.5 Å². The van der Waals surface area contributed by atoms with Crippen molar-refractivity contribution in [2.75, 3.05) is 19.0 Å². The van der Waals surface area contributed by atoms with Crippen molar-refractivity contribution >= 4 is 29.4 Å². The van der Waals surface area contributed by atoms with E-state index in [0.717, 1.165) is 5.69 Å². The van der Waals surface area contributed by atoms with Crippen LogP contribution in [0.3, 0.4) is 0 Å². The molecule has 7 heteroatoms. The smallest absolute Gasteiger partial charge is 0.259 e. The Kier molecular flexibility index (Phi) is 5.82. The second-order valence-corrected chi connectivity index (χ2v) is 5.02. The van der Waals surface area contributed by atoms with Crippen LogP contribution in [0, 0.1) is 0 Å². The number of phenolic OH excluding ortho intramolecular Hbond substituents is 1. The molecule has 0 saturated heterocycles. The van der Waals surface area contributed by atoms with Gasteiger partial charge in [-0.2, -0.15) is 5.10 Å². The monoisotopic (exact) mass is 333 g/mol. The number of hydrogen-bond acceptors (Lipinski definition) is 5. The number of hydrogen-bond donors (Lipinski definition) is 3. The summed E-state index contributed by atoms with van der Waals surface area (Å²) in [5, 5.41) is 16.9. The SMILES string of the molecule is COc1cc(/C=N\NC(=O)CNc2cccc(Cl)c2)ccc1O. The number of amides is 1. The average Bonchev–Trinajstić information content (AvgIpc) is 2.54. The summed E-state index contributed by atoms with van der Waals surface area (Å²) in [6, 6.07) is 11.8. The van der Waals surface area contributed by atoms with E-state index < -0.39 is 0 Å². The summed E-state index contributed by atoms with van der Waals surface area (Å²) in [5.74, 6) is 0.0780. The molecule has 0 unspecified atom stereocenters. The van der Waals surface area contributed by atoms with E-state index in [2.05, 4.69) is 15.8 Å². The van der Waals surface area contributed by atoms with E-state index >= 15 is 0 Å². The number of hydrazone groups is 1. The summed E-state index contributed by atoms with van der Waals surface area (Å²) < 4.78 is 4.99. The molecule has 0 aliphatic rings. The first kappa shape index (κ1) is 16.6. The topological polar surface area (TPSA) is 83.0 Å². The van der Waals surface area contributed by atoms with Crippen molar-refractivity contribution in [2.45, 2.75) is 0 Å². The molecule has 1 amide bonds. The number of ether oxygens (including phenoxy) is 1. The highest BCUT2D eigenvalue weighted by atomic mass is 35.5. The second kappa shape index (κ2) is 8.05. The first-order chi connectivity index (χ1) is 11.1. The van der Waals surface area contributed by atoms with Gasteiger partial charge >= 0.3 is 0 Å². The molecule has 0 atom stereocenters. The van der Waals surface area contributed by atoms with Gasteiger partial charge in [0.25, 0.3) is 5.91 Å². The first-order valence-electron chi connectivity index (χ1n) is 6.77. The molecule has 0 radical (unpaired) electrons. The van der Waals surface area contributed by atoms with Crippen molar-refractivity contribution in [3.63, 3.8) is 0 Å². The highest BCUT2D eigenvalue weighted by molar-refractivity contribution is 6.30. The van der Waals surface area contributed by atoms with Gasteiger partial charge in [-0.25, -0.2) is 5.43 Å². The van der Waals surface area contributed by atoms with Gasteiger partial charge in [-0.05, 0) is 42.0 Å². The molecule has 120 valence electrons. The number of benzene rings is 2. The number of carbonyl (C=O) groups is 1. The van der Waals surface area contributed by atoms with Crippen molar-refractivity contribution in [2.24, 2.45) is 5.10 Å². The standard InChI is InChI=1S/C16H16ClN3O3/c1-23-15-7-11(5-6-14(15)21)9-19-20-16(22)10-18-13-4-2-3-12(17)8-13/h2-9,18,21H,10H2,1H3,(H,20,22)/b19-9-.